The minimum atomic E-state index is 0.506. The molecule has 0 amide bonds. The van der Waals surface area contributed by atoms with Gasteiger partial charge in [0, 0.05) is 45.2 Å². The summed E-state index contributed by atoms with van der Waals surface area (Å²) >= 11 is 0. The molecule has 2 rings (SSSR count). The Morgan fingerprint density at radius 2 is 2.00 bits per heavy atom. The molecule has 1 fully saturated rings. The van der Waals surface area contributed by atoms with Gasteiger partial charge in [-0.25, -0.2) is 9.97 Å². The van der Waals surface area contributed by atoms with Crippen LogP contribution >= 0.6 is 0 Å². The lowest BCUT2D eigenvalue weighted by molar-refractivity contribution is 0.0995. The van der Waals surface area contributed by atoms with Gasteiger partial charge in [-0.3, -0.25) is 0 Å². The van der Waals surface area contributed by atoms with E-state index in [0.29, 0.717) is 6.10 Å². The Morgan fingerprint density at radius 3 is 2.60 bits per heavy atom. The van der Waals surface area contributed by atoms with Gasteiger partial charge in [-0.15, -0.1) is 0 Å². The fourth-order valence-corrected chi connectivity index (χ4v) is 2.51. The number of ether oxygens (including phenoxy) is 1. The second-order valence-corrected chi connectivity index (χ2v) is 5.80. The van der Waals surface area contributed by atoms with Crippen molar-refractivity contribution in [3.05, 3.63) is 18.0 Å². The number of nitrogens with zero attached hydrogens (tertiary/aromatic N) is 4. The van der Waals surface area contributed by atoms with Gasteiger partial charge in [0.05, 0.1) is 6.10 Å². The first kappa shape index (κ1) is 15.2. The largest absolute Gasteiger partial charge is 0.378 e. The van der Waals surface area contributed by atoms with Crippen molar-refractivity contribution in [1.82, 2.24) is 14.9 Å². The predicted octanol–water partition coefficient (Wildman–Crippen LogP) is 1.93. The topological polar surface area (TPSA) is 41.5 Å². The van der Waals surface area contributed by atoms with Crippen LogP contribution < -0.4 is 4.90 Å². The summed E-state index contributed by atoms with van der Waals surface area (Å²) in [7, 11) is 6.05. The lowest BCUT2D eigenvalue weighted by Crippen LogP contribution is -2.21. The molecule has 112 valence electrons. The molecule has 1 atom stereocenters. The third kappa shape index (κ3) is 4.72. The number of aromatic nitrogens is 2. The molecular weight excluding hydrogens is 252 g/mol. The molecule has 0 saturated carbocycles. The summed E-state index contributed by atoms with van der Waals surface area (Å²) in [5, 5.41) is 0. The average Bonchev–Trinajstić information content (AvgIpc) is 2.92. The Kier molecular flexibility index (Phi) is 5.73. The van der Waals surface area contributed by atoms with Gasteiger partial charge in [-0.05, 0) is 39.3 Å². The van der Waals surface area contributed by atoms with Crippen LogP contribution in [0.25, 0.3) is 0 Å². The molecule has 0 aliphatic carbocycles. The highest BCUT2D eigenvalue weighted by Gasteiger charge is 2.14. The van der Waals surface area contributed by atoms with Crippen LogP contribution in [-0.4, -0.2) is 55.3 Å². The Labute approximate surface area is 122 Å². The van der Waals surface area contributed by atoms with E-state index in [9.17, 15) is 0 Å². The third-order valence-electron chi connectivity index (χ3n) is 3.63. The summed E-state index contributed by atoms with van der Waals surface area (Å²) in [6.45, 7) is 2.95. The van der Waals surface area contributed by atoms with E-state index in [1.54, 1.807) is 0 Å². The van der Waals surface area contributed by atoms with Gasteiger partial charge in [0.25, 0.3) is 0 Å². The zero-order valence-electron chi connectivity index (χ0n) is 12.9. The lowest BCUT2D eigenvalue weighted by atomic mass is 10.1. The fourth-order valence-electron chi connectivity index (χ4n) is 2.51. The molecule has 0 unspecified atom stereocenters. The van der Waals surface area contributed by atoms with E-state index < -0.39 is 0 Å². The number of hydrogen-bond acceptors (Lipinski definition) is 5. The Hall–Kier alpha value is -1.20. The third-order valence-corrected chi connectivity index (χ3v) is 3.63. The molecular formula is C15H26N4O. The molecule has 0 spiro atoms. The van der Waals surface area contributed by atoms with Gasteiger partial charge in [-0.1, -0.05) is 0 Å². The number of hydrogen-bond donors (Lipinski definition) is 0. The van der Waals surface area contributed by atoms with Crippen molar-refractivity contribution >= 4 is 5.95 Å². The first-order valence-corrected chi connectivity index (χ1v) is 7.43. The minimum Gasteiger partial charge on any atom is -0.378 e. The smallest absolute Gasteiger partial charge is 0.224 e. The quantitative estimate of drug-likeness (QED) is 0.762. The van der Waals surface area contributed by atoms with E-state index in [4.69, 9.17) is 4.74 Å². The zero-order valence-corrected chi connectivity index (χ0v) is 12.9. The van der Waals surface area contributed by atoms with Crippen LogP contribution in [0.3, 0.4) is 0 Å². The van der Waals surface area contributed by atoms with Crippen LogP contribution in [0.1, 0.15) is 31.2 Å². The summed E-state index contributed by atoms with van der Waals surface area (Å²) in [6.07, 6.45) is 9.18. The van der Waals surface area contributed by atoms with Crippen LogP contribution in [0.15, 0.2) is 12.4 Å². The Morgan fingerprint density at radius 1 is 1.25 bits per heavy atom. The molecule has 1 aliphatic rings. The van der Waals surface area contributed by atoms with Crippen LogP contribution in [-0.2, 0) is 11.3 Å². The van der Waals surface area contributed by atoms with Gasteiger partial charge in [0.1, 0.15) is 0 Å². The van der Waals surface area contributed by atoms with Gasteiger partial charge < -0.3 is 14.5 Å². The van der Waals surface area contributed by atoms with Gasteiger partial charge >= 0.3 is 0 Å². The molecule has 1 aromatic heterocycles. The highest BCUT2D eigenvalue weighted by molar-refractivity contribution is 5.26. The zero-order chi connectivity index (χ0) is 14.4. The van der Waals surface area contributed by atoms with Crippen molar-refractivity contribution < 1.29 is 4.74 Å². The van der Waals surface area contributed by atoms with Gasteiger partial charge in [-0.2, -0.15) is 0 Å². The van der Waals surface area contributed by atoms with Crippen molar-refractivity contribution in [2.45, 2.75) is 38.3 Å². The van der Waals surface area contributed by atoms with Crippen LogP contribution in [0, 0.1) is 0 Å². The maximum Gasteiger partial charge on any atom is 0.224 e. The predicted molar refractivity (Wildman–Crippen MR) is 80.9 cm³/mol. The molecule has 0 N–H and O–H groups in total. The maximum atomic E-state index is 5.65. The Bertz CT molecular complexity index is 387. The van der Waals surface area contributed by atoms with E-state index >= 15 is 0 Å². The average molecular weight is 278 g/mol. The summed E-state index contributed by atoms with van der Waals surface area (Å²) in [6, 6.07) is 0. The first-order chi connectivity index (χ1) is 9.65. The molecule has 1 saturated heterocycles. The van der Waals surface area contributed by atoms with E-state index in [1.165, 1.54) is 25.7 Å². The molecule has 0 bridgehead atoms. The minimum absolute atomic E-state index is 0.506. The summed E-state index contributed by atoms with van der Waals surface area (Å²) in [5.74, 6) is 0.759. The van der Waals surface area contributed by atoms with Crippen LogP contribution in [0.5, 0.6) is 0 Å². The Balaban J connectivity index is 1.69. The fraction of sp³-hybridized carbons (Fsp3) is 0.733. The molecule has 5 nitrogen and oxygen atoms in total. The molecule has 2 heterocycles. The SMILES string of the molecule is CN(CCC[C@H]1CCCO1)Cc1cnc(N(C)C)nc1. The number of rotatable bonds is 7. The summed E-state index contributed by atoms with van der Waals surface area (Å²) in [5.41, 5.74) is 1.16. The van der Waals surface area contributed by atoms with Gasteiger partial charge in [0.2, 0.25) is 5.95 Å². The van der Waals surface area contributed by atoms with E-state index in [1.807, 2.05) is 31.4 Å². The normalized spacial score (nSPS) is 18.7. The van der Waals surface area contributed by atoms with Crippen molar-refractivity contribution in [3.63, 3.8) is 0 Å². The molecule has 20 heavy (non-hydrogen) atoms. The number of anilines is 1. The first-order valence-electron chi connectivity index (χ1n) is 7.43. The molecule has 5 heteroatoms. The summed E-state index contributed by atoms with van der Waals surface area (Å²) in [4.78, 5) is 12.9. The monoisotopic (exact) mass is 278 g/mol. The van der Waals surface area contributed by atoms with E-state index in [-0.39, 0.29) is 0 Å². The second-order valence-electron chi connectivity index (χ2n) is 5.80. The maximum absolute atomic E-state index is 5.65. The van der Waals surface area contributed by atoms with Crippen molar-refractivity contribution in [1.29, 1.82) is 0 Å². The van der Waals surface area contributed by atoms with Crippen LogP contribution in [0.4, 0.5) is 5.95 Å². The van der Waals surface area contributed by atoms with Crippen molar-refractivity contribution in [2.24, 2.45) is 0 Å². The molecule has 0 aromatic carbocycles. The molecule has 1 aromatic rings. The standard InChI is InChI=1S/C15H26N4O/c1-18(2)15-16-10-13(11-17-15)12-19(3)8-4-6-14-7-5-9-20-14/h10-11,14H,4-9,12H2,1-3H3/t14-/m0/s1. The van der Waals surface area contributed by atoms with Gasteiger partial charge in [0.15, 0.2) is 0 Å². The summed E-state index contributed by atoms with van der Waals surface area (Å²) < 4.78 is 5.65. The highest BCUT2D eigenvalue weighted by atomic mass is 16.5. The second kappa shape index (κ2) is 7.55. The van der Waals surface area contributed by atoms with E-state index in [2.05, 4.69) is 21.9 Å². The van der Waals surface area contributed by atoms with Crippen molar-refractivity contribution in [3.8, 4) is 0 Å². The lowest BCUT2D eigenvalue weighted by Gasteiger charge is -2.18. The highest BCUT2D eigenvalue weighted by Crippen LogP contribution is 2.17. The molecule has 0 radical (unpaired) electrons. The van der Waals surface area contributed by atoms with Crippen LogP contribution in [0.2, 0.25) is 0 Å². The van der Waals surface area contributed by atoms with Crippen molar-refractivity contribution in [2.75, 3.05) is 39.2 Å². The molecule has 1 aliphatic heterocycles. The van der Waals surface area contributed by atoms with E-state index in [0.717, 1.165) is 31.2 Å².